The van der Waals surface area contributed by atoms with Crippen molar-refractivity contribution in [2.75, 3.05) is 6.61 Å². The van der Waals surface area contributed by atoms with E-state index in [1.165, 1.54) is 0 Å². The van der Waals surface area contributed by atoms with Crippen molar-refractivity contribution in [3.05, 3.63) is 0 Å². The molecule has 0 aromatic rings. The van der Waals surface area contributed by atoms with Gasteiger partial charge in [0.2, 0.25) is 0 Å². The topological polar surface area (TPSA) is 80.7 Å². The Bertz CT molecular complexity index is 526. The molecule has 0 heterocycles. The summed E-state index contributed by atoms with van der Waals surface area (Å²) in [5.41, 5.74) is -0.821. The van der Waals surface area contributed by atoms with E-state index in [0.717, 1.165) is 12.8 Å². The van der Waals surface area contributed by atoms with Gasteiger partial charge in [-0.15, -0.1) is 0 Å². The van der Waals surface area contributed by atoms with Crippen LogP contribution >= 0.6 is 0 Å². The highest BCUT2D eigenvalue weighted by molar-refractivity contribution is 7.86. The quantitative estimate of drug-likeness (QED) is 0.798. The van der Waals surface area contributed by atoms with Crippen LogP contribution in [-0.2, 0) is 19.6 Å². The van der Waals surface area contributed by atoms with E-state index in [1.54, 1.807) is 0 Å². The standard InChI is InChI=1S/C12H16F2O5S/c13-12(14,20(16,17)18)6-19-11-3-7-1-8(4-11)10(15)9(2-7)5-11/h7-9H,1-6H2,(H,16,17,18). The Balaban J connectivity index is 1.74. The van der Waals surface area contributed by atoms with E-state index in [1.807, 2.05) is 0 Å². The Morgan fingerprint density at radius 2 is 1.80 bits per heavy atom. The number of ketones is 1. The predicted molar refractivity (Wildman–Crippen MR) is 63.7 cm³/mol. The molecule has 8 heteroatoms. The Kier molecular flexibility index (Phi) is 3.02. The molecular weight excluding hydrogens is 294 g/mol. The van der Waals surface area contributed by atoms with E-state index in [2.05, 4.69) is 0 Å². The summed E-state index contributed by atoms with van der Waals surface area (Å²) in [7, 11) is -5.47. The SMILES string of the molecule is O=C1C2CC3CC1CC(OCC(F)(F)S(=O)(=O)O)(C3)C2. The first-order valence-corrected chi connectivity index (χ1v) is 8.08. The zero-order valence-electron chi connectivity index (χ0n) is 10.7. The average Bonchev–Trinajstić information content (AvgIpc) is 2.31. The first kappa shape index (κ1) is 14.3. The van der Waals surface area contributed by atoms with Crippen molar-refractivity contribution in [1.82, 2.24) is 0 Å². The van der Waals surface area contributed by atoms with Crippen molar-refractivity contribution in [2.45, 2.75) is 43.0 Å². The van der Waals surface area contributed by atoms with Crippen molar-refractivity contribution in [1.29, 1.82) is 0 Å². The zero-order chi connectivity index (χ0) is 14.8. The summed E-state index contributed by atoms with van der Waals surface area (Å²) in [6.45, 7) is -1.35. The van der Waals surface area contributed by atoms with E-state index in [4.69, 9.17) is 9.29 Å². The van der Waals surface area contributed by atoms with Crippen LogP contribution in [-0.4, -0.2) is 36.2 Å². The number of rotatable bonds is 4. The number of halogens is 2. The summed E-state index contributed by atoms with van der Waals surface area (Å²) >= 11 is 0. The third kappa shape index (κ3) is 2.17. The predicted octanol–water partition coefficient (Wildman–Crippen LogP) is 1.63. The molecule has 2 unspecified atom stereocenters. The highest BCUT2D eigenvalue weighted by atomic mass is 32.2. The molecule has 0 aromatic heterocycles. The second-order valence-corrected chi connectivity index (χ2v) is 7.88. The van der Waals surface area contributed by atoms with Gasteiger partial charge >= 0.3 is 15.4 Å². The molecule has 4 bridgehead atoms. The van der Waals surface area contributed by atoms with Gasteiger partial charge in [0.1, 0.15) is 12.4 Å². The smallest absolute Gasteiger partial charge is 0.367 e. The minimum Gasteiger partial charge on any atom is -0.367 e. The van der Waals surface area contributed by atoms with Gasteiger partial charge in [-0.2, -0.15) is 17.2 Å². The summed E-state index contributed by atoms with van der Waals surface area (Å²) in [6.07, 6.45) is 2.94. The van der Waals surface area contributed by atoms with Crippen molar-refractivity contribution in [2.24, 2.45) is 17.8 Å². The molecule has 0 aliphatic heterocycles. The van der Waals surface area contributed by atoms with E-state index in [9.17, 15) is 22.0 Å². The second-order valence-electron chi connectivity index (χ2n) is 6.33. The molecule has 0 aromatic carbocycles. The van der Waals surface area contributed by atoms with Crippen LogP contribution in [0.25, 0.3) is 0 Å². The highest BCUT2D eigenvalue weighted by Gasteiger charge is 2.57. The Morgan fingerprint density at radius 3 is 2.30 bits per heavy atom. The van der Waals surface area contributed by atoms with Gasteiger partial charge in [0.25, 0.3) is 0 Å². The van der Waals surface area contributed by atoms with Crippen LogP contribution < -0.4 is 0 Å². The second kappa shape index (κ2) is 4.20. The van der Waals surface area contributed by atoms with Gasteiger partial charge < -0.3 is 4.74 Å². The van der Waals surface area contributed by atoms with Crippen molar-refractivity contribution in [3.8, 4) is 0 Å². The van der Waals surface area contributed by atoms with Crippen LogP contribution in [0, 0.1) is 17.8 Å². The molecule has 0 saturated heterocycles. The first-order chi connectivity index (χ1) is 9.12. The van der Waals surface area contributed by atoms with Crippen LogP contribution in [0.5, 0.6) is 0 Å². The number of ether oxygens (including phenoxy) is 1. The summed E-state index contributed by atoms with van der Waals surface area (Å²) in [6, 6.07) is 0. The van der Waals surface area contributed by atoms with Crippen LogP contribution in [0.3, 0.4) is 0 Å². The van der Waals surface area contributed by atoms with Gasteiger partial charge in [-0.25, -0.2) is 0 Å². The van der Waals surface area contributed by atoms with Gasteiger partial charge in [0.15, 0.2) is 0 Å². The fourth-order valence-electron chi connectivity index (χ4n) is 4.16. The van der Waals surface area contributed by atoms with E-state index in [0.29, 0.717) is 25.2 Å². The van der Waals surface area contributed by atoms with Gasteiger partial charge in [-0.05, 0) is 38.0 Å². The lowest BCUT2D eigenvalue weighted by Crippen LogP contribution is -2.57. The van der Waals surface area contributed by atoms with E-state index < -0.39 is 27.6 Å². The fraction of sp³-hybridized carbons (Fsp3) is 0.917. The number of carbonyl (C=O) groups is 1. The summed E-state index contributed by atoms with van der Waals surface area (Å²) in [4.78, 5) is 11.9. The Morgan fingerprint density at radius 1 is 1.25 bits per heavy atom. The number of Topliss-reactive ketones (excluding diaryl/α,β-unsaturated/α-hetero) is 1. The van der Waals surface area contributed by atoms with Crippen LogP contribution in [0.1, 0.15) is 32.1 Å². The molecule has 4 aliphatic carbocycles. The molecule has 4 aliphatic rings. The maximum absolute atomic E-state index is 13.3. The number of hydrogen-bond acceptors (Lipinski definition) is 4. The maximum atomic E-state index is 13.3. The maximum Gasteiger partial charge on any atom is 0.392 e. The van der Waals surface area contributed by atoms with Gasteiger partial charge in [0, 0.05) is 11.8 Å². The lowest BCUT2D eigenvalue weighted by molar-refractivity contribution is -0.189. The van der Waals surface area contributed by atoms with Crippen molar-refractivity contribution >= 4 is 15.9 Å². The van der Waals surface area contributed by atoms with Gasteiger partial charge in [0.05, 0.1) is 5.60 Å². The van der Waals surface area contributed by atoms with Gasteiger partial charge in [-0.1, -0.05) is 0 Å². The number of carbonyl (C=O) groups excluding carboxylic acids is 1. The first-order valence-electron chi connectivity index (χ1n) is 6.64. The fourth-order valence-corrected chi connectivity index (χ4v) is 4.37. The Labute approximate surface area is 115 Å². The molecule has 20 heavy (non-hydrogen) atoms. The number of hydrogen-bond donors (Lipinski definition) is 1. The van der Waals surface area contributed by atoms with E-state index in [-0.39, 0.29) is 17.6 Å². The minimum atomic E-state index is -5.47. The molecule has 0 radical (unpaired) electrons. The molecule has 1 N–H and O–H groups in total. The molecule has 4 saturated carbocycles. The van der Waals surface area contributed by atoms with Crippen molar-refractivity contribution < 1.29 is 31.3 Å². The summed E-state index contributed by atoms with van der Waals surface area (Å²) < 4.78 is 61.4. The molecule has 2 atom stereocenters. The monoisotopic (exact) mass is 310 g/mol. The average molecular weight is 310 g/mol. The van der Waals surface area contributed by atoms with Crippen LogP contribution in [0.15, 0.2) is 0 Å². The third-order valence-electron chi connectivity index (χ3n) is 4.86. The normalized spacial score (nSPS) is 40.4. The van der Waals surface area contributed by atoms with Gasteiger partial charge in [-0.3, -0.25) is 9.35 Å². The molecule has 5 nitrogen and oxygen atoms in total. The minimum absolute atomic E-state index is 0.138. The largest absolute Gasteiger partial charge is 0.392 e. The molecule has 4 fully saturated rings. The number of alkyl halides is 2. The summed E-state index contributed by atoms with van der Waals surface area (Å²) in [5, 5.41) is -4.31. The molecule has 0 spiro atoms. The zero-order valence-corrected chi connectivity index (χ0v) is 11.5. The Hall–Kier alpha value is -0.600. The highest BCUT2D eigenvalue weighted by Crippen LogP contribution is 2.55. The van der Waals surface area contributed by atoms with E-state index >= 15 is 0 Å². The van der Waals surface area contributed by atoms with Crippen molar-refractivity contribution in [3.63, 3.8) is 0 Å². The molecule has 4 rings (SSSR count). The molecule has 114 valence electrons. The van der Waals surface area contributed by atoms with Crippen LogP contribution in [0.2, 0.25) is 0 Å². The third-order valence-corrected chi connectivity index (χ3v) is 5.73. The van der Waals surface area contributed by atoms with Crippen LogP contribution in [0.4, 0.5) is 8.78 Å². The lowest BCUT2D eigenvalue weighted by Gasteiger charge is -2.55. The summed E-state index contributed by atoms with van der Waals surface area (Å²) in [5.74, 6) is 0.215. The molecular formula is C12H16F2O5S. The lowest BCUT2D eigenvalue weighted by atomic mass is 9.53. The molecule has 0 amide bonds.